The number of methoxy groups -OCH3 is 1. The molecule has 0 saturated heterocycles. The van der Waals surface area contributed by atoms with Crippen molar-refractivity contribution in [2.75, 3.05) is 7.11 Å². The first kappa shape index (κ1) is 9.52. The molecule has 68 valence electrons. The Hall–Kier alpha value is -1.57. The van der Waals surface area contributed by atoms with Crippen molar-refractivity contribution in [3.8, 4) is 5.88 Å². The third-order valence-electron chi connectivity index (χ3n) is 1.68. The molecular weight excluding hydrogens is 162 g/mol. The summed E-state index contributed by atoms with van der Waals surface area (Å²) in [7, 11) is 1.60. The van der Waals surface area contributed by atoms with Gasteiger partial charge in [-0.3, -0.25) is 0 Å². The Kier molecular flexibility index (Phi) is 3.26. The van der Waals surface area contributed by atoms with Gasteiger partial charge in [0, 0.05) is 12.3 Å². The van der Waals surface area contributed by atoms with E-state index in [1.165, 1.54) is 0 Å². The normalized spacial score (nSPS) is 10.3. The second kappa shape index (κ2) is 4.45. The van der Waals surface area contributed by atoms with E-state index in [2.05, 4.69) is 11.6 Å². The number of nitrogens with zero attached hydrogens (tertiary/aromatic N) is 1. The highest BCUT2D eigenvalue weighted by Gasteiger charge is 1.97. The Morgan fingerprint density at radius 1 is 1.62 bits per heavy atom. The molecule has 13 heavy (non-hydrogen) atoms. The minimum atomic E-state index is 0.614. The highest BCUT2D eigenvalue weighted by Crippen LogP contribution is 2.16. The Balaban J connectivity index is 2.94. The van der Waals surface area contributed by atoms with Gasteiger partial charge in [0.25, 0.3) is 0 Å². The van der Waals surface area contributed by atoms with Crippen LogP contribution in [0.25, 0.3) is 5.57 Å². The summed E-state index contributed by atoms with van der Waals surface area (Å²) in [4.78, 5) is 4.01. The van der Waals surface area contributed by atoms with Crippen LogP contribution >= 0.6 is 0 Å². The van der Waals surface area contributed by atoms with Gasteiger partial charge in [-0.1, -0.05) is 18.7 Å². The van der Waals surface area contributed by atoms with E-state index in [0.717, 1.165) is 11.1 Å². The standard InChI is InChI=1S/C11H13NO/c1-4-5-9(2)10-6-7-12-11(8-10)13-3/h4-8H,2H2,1,3H3/b5-4-. The topological polar surface area (TPSA) is 22.1 Å². The van der Waals surface area contributed by atoms with Gasteiger partial charge in [-0.25, -0.2) is 4.98 Å². The van der Waals surface area contributed by atoms with Crippen molar-refractivity contribution in [3.63, 3.8) is 0 Å². The molecule has 1 aromatic rings. The summed E-state index contributed by atoms with van der Waals surface area (Å²) in [6.45, 7) is 5.88. The molecule has 0 amide bonds. The Morgan fingerprint density at radius 3 is 3.00 bits per heavy atom. The van der Waals surface area contributed by atoms with Crippen LogP contribution in [0.5, 0.6) is 5.88 Å². The fraction of sp³-hybridized carbons (Fsp3) is 0.182. The van der Waals surface area contributed by atoms with Crippen molar-refractivity contribution in [3.05, 3.63) is 42.6 Å². The van der Waals surface area contributed by atoms with Gasteiger partial charge in [0.05, 0.1) is 7.11 Å². The molecule has 0 aliphatic heterocycles. The Bertz CT molecular complexity index is 329. The zero-order valence-corrected chi connectivity index (χ0v) is 7.95. The lowest BCUT2D eigenvalue weighted by atomic mass is 10.1. The molecule has 0 bridgehead atoms. The first-order valence-corrected chi connectivity index (χ1v) is 4.10. The fourth-order valence-corrected chi connectivity index (χ4v) is 1.02. The van der Waals surface area contributed by atoms with Crippen LogP contribution in [0.2, 0.25) is 0 Å². The molecule has 1 aromatic heterocycles. The van der Waals surface area contributed by atoms with Gasteiger partial charge in [-0.2, -0.15) is 0 Å². The predicted molar refractivity (Wildman–Crippen MR) is 54.6 cm³/mol. The quantitative estimate of drug-likeness (QED) is 0.659. The predicted octanol–water partition coefficient (Wildman–Crippen LogP) is 2.68. The van der Waals surface area contributed by atoms with Gasteiger partial charge >= 0.3 is 0 Å². The van der Waals surface area contributed by atoms with E-state index >= 15 is 0 Å². The number of ether oxygens (including phenoxy) is 1. The molecule has 0 saturated carbocycles. The minimum Gasteiger partial charge on any atom is -0.481 e. The zero-order chi connectivity index (χ0) is 9.68. The van der Waals surface area contributed by atoms with Crippen molar-refractivity contribution < 1.29 is 4.74 Å². The molecule has 0 aliphatic carbocycles. The Labute approximate surface area is 78.6 Å². The summed E-state index contributed by atoms with van der Waals surface area (Å²) in [5.41, 5.74) is 1.99. The van der Waals surface area contributed by atoms with E-state index in [1.54, 1.807) is 13.3 Å². The van der Waals surface area contributed by atoms with Crippen molar-refractivity contribution >= 4 is 5.57 Å². The summed E-state index contributed by atoms with van der Waals surface area (Å²) in [5.74, 6) is 0.614. The fourth-order valence-electron chi connectivity index (χ4n) is 1.02. The van der Waals surface area contributed by atoms with Crippen LogP contribution in [-0.2, 0) is 0 Å². The van der Waals surface area contributed by atoms with E-state index in [4.69, 9.17) is 4.74 Å². The zero-order valence-electron chi connectivity index (χ0n) is 7.95. The monoisotopic (exact) mass is 175 g/mol. The molecule has 0 spiro atoms. The van der Waals surface area contributed by atoms with Crippen molar-refractivity contribution in [2.45, 2.75) is 6.92 Å². The lowest BCUT2D eigenvalue weighted by molar-refractivity contribution is 0.398. The maximum absolute atomic E-state index is 5.01. The van der Waals surface area contributed by atoms with E-state index in [-0.39, 0.29) is 0 Å². The second-order valence-corrected chi connectivity index (χ2v) is 2.61. The number of aromatic nitrogens is 1. The molecule has 1 rings (SSSR count). The molecule has 0 unspecified atom stereocenters. The number of hydrogen-bond acceptors (Lipinski definition) is 2. The van der Waals surface area contributed by atoms with Crippen LogP contribution in [0.3, 0.4) is 0 Å². The average molecular weight is 175 g/mol. The first-order chi connectivity index (χ1) is 6.27. The van der Waals surface area contributed by atoms with E-state index in [9.17, 15) is 0 Å². The molecule has 1 heterocycles. The first-order valence-electron chi connectivity index (χ1n) is 4.10. The third-order valence-corrected chi connectivity index (χ3v) is 1.68. The van der Waals surface area contributed by atoms with E-state index in [0.29, 0.717) is 5.88 Å². The van der Waals surface area contributed by atoms with Gasteiger partial charge in [-0.05, 0) is 24.1 Å². The molecule has 2 heteroatoms. The van der Waals surface area contributed by atoms with Crippen LogP contribution in [0.15, 0.2) is 37.1 Å². The SMILES string of the molecule is C=C(/C=C\C)c1ccnc(OC)c1. The minimum absolute atomic E-state index is 0.614. The van der Waals surface area contributed by atoms with E-state index in [1.807, 2.05) is 31.2 Å². The number of allylic oxidation sites excluding steroid dienone is 3. The van der Waals surface area contributed by atoms with Crippen LogP contribution in [0, 0.1) is 0 Å². The van der Waals surface area contributed by atoms with Gasteiger partial charge in [0.1, 0.15) is 0 Å². The summed E-state index contributed by atoms with van der Waals surface area (Å²) in [5, 5.41) is 0. The molecule has 0 fully saturated rings. The summed E-state index contributed by atoms with van der Waals surface area (Å²) in [6, 6.07) is 3.77. The number of rotatable bonds is 3. The van der Waals surface area contributed by atoms with Crippen molar-refractivity contribution in [1.82, 2.24) is 4.98 Å². The van der Waals surface area contributed by atoms with Gasteiger partial charge in [-0.15, -0.1) is 0 Å². The number of hydrogen-bond donors (Lipinski definition) is 0. The molecule has 0 N–H and O–H groups in total. The highest BCUT2D eigenvalue weighted by molar-refractivity contribution is 5.72. The lowest BCUT2D eigenvalue weighted by Gasteiger charge is -2.02. The molecule has 0 aromatic carbocycles. The van der Waals surface area contributed by atoms with Gasteiger partial charge < -0.3 is 4.74 Å². The van der Waals surface area contributed by atoms with E-state index < -0.39 is 0 Å². The van der Waals surface area contributed by atoms with Gasteiger partial charge in [0.2, 0.25) is 5.88 Å². The second-order valence-electron chi connectivity index (χ2n) is 2.61. The molecule has 0 atom stereocenters. The van der Waals surface area contributed by atoms with Crippen LogP contribution in [-0.4, -0.2) is 12.1 Å². The van der Waals surface area contributed by atoms with Crippen LogP contribution in [0.4, 0.5) is 0 Å². The van der Waals surface area contributed by atoms with Gasteiger partial charge in [0.15, 0.2) is 0 Å². The third kappa shape index (κ3) is 2.44. The largest absolute Gasteiger partial charge is 0.481 e. The number of pyridine rings is 1. The molecule has 0 radical (unpaired) electrons. The van der Waals surface area contributed by atoms with Crippen molar-refractivity contribution in [1.29, 1.82) is 0 Å². The maximum atomic E-state index is 5.01. The maximum Gasteiger partial charge on any atom is 0.213 e. The van der Waals surface area contributed by atoms with Crippen molar-refractivity contribution in [2.24, 2.45) is 0 Å². The van der Waals surface area contributed by atoms with Crippen LogP contribution < -0.4 is 4.74 Å². The summed E-state index contributed by atoms with van der Waals surface area (Å²) < 4.78 is 5.01. The lowest BCUT2D eigenvalue weighted by Crippen LogP contribution is -1.88. The smallest absolute Gasteiger partial charge is 0.213 e. The molecule has 0 aliphatic rings. The molecule has 2 nitrogen and oxygen atoms in total. The molecular formula is C11H13NO. The Morgan fingerprint density at radius 2 is 2.38 bits per heavy atom. The average Bonchev–Trinajstić information content (AvgIpc) is 2.18. The summed E-state index contributed by atoms with van der Waals surface area (Å²) >= 11 is 0. The highest BCUT2D eigenvalue weighted by atomic mass is 16.5. The van der Waals surface area contributed by atoms with Crippen LogP contribution in [0.1, 0.15) is 12.5 Å². The summed E-state index contributed by atoms with van der Waals surface area (Å²) in [6.07, 6.45) is 5.62.